The maximum Gasteiger partial charge on any atom is 0.316 e. The third-order valence-electron chi connectivity index (χ3n) is 6.42. The highest BCUT2D eigenvalue weighted by atomic mass is 19.1. The summed E-state index contributed by atoms with van der Waals surface area (Å²) in [4.78, 5) is 22.0. The molecule has 0 fully saturated rings. The highest BCUT2D eigenvalue weighted by Crippen LogP contribution is 2.39. The molecule has 0 unspecified atom stereocenters. The molecule has 0 radical (unpaired) electrons. The Hall–Kier alpha value is -4.54. The zero-order valence-electron chi connectivity index (χ0n) is 21.9. The molecule has 11 heteroatoms. The highest BCUT2D eigenvalue weighted by molar-refractivity contribution is 5.88. The van der Waals surface area contributed by atoms with E-state index in [1.165, 1.54) is 0 Å². The molecule has 0 saturated heterocycles. The molecular weight excluding hydrogens is 504 g/mol. The van der Waals surface area contributed by atoms with Crippen LogP contribution in [0.15, 0.2) is 48.8 Å². The molecule has 0 bridgehead atoms. The molecule has 39 heavy (non-hydrogen) atoms. The highest BCUT2D eigenvalue weighted by Gasteiger charge is 2.30. The second-order valence-electron chi connectivity index (χ2n) is 9.83. The van der Waals surface area contributed by atoms with Crippen molar-refractivity contribution in [2.75, 3.05) is 23.4 Å². The van der Waals surface area contributed by atoms with E-state index in [9.17, 15) is 4.79 Å². The standard InChI is InChI=1S/C28H29F2N7O2/c1-16(2)15-39-24-7-4-6-17(3)25(24)37-26(18-12-21(30)23(13-20(18)29)34-27(31)38)19-14-36(11-8-22(19)35-37)28-32-9-5-10-33-28/h4-7,9-10,12-13,16H,8,11,14-15H2,1-3H3,(H3,31,34,38). The number of anilines is 2. The maximum absolute atomic E-state index is 15.7. The summed E-state index contributed by atoms with van der Waals surface area (Å²) < 4.78 is 38.6. The predicted molar refractivity (Wildman–Crippen MR) is 144 cm³/mol. The van der Waals surface area contributed by atoms with E-state index in [1.807, 2.05) is 43.9 Å². The van der Waals surface area contributed by atoms with Crippen molar-refractivity contribution < 1.29 is 18.3 Å². The van der Waals surface area contributed by atoms with E-state index < -0.39 is 17.7 Å². The van der Waals surface area contributed by atoms with Gasteiger partial charge in [0, 0.05) is 49.1 Å². The molecule has 202 valence electrons. The molecule has 2 aromatic heterocycles. The second kappa shape index (κ2) is 10.7. The Morgan fingerprint density at radius 1 is 1.15 bits per heavy atom. The number of hydrogen-bond acceptors (Lipinski definition) is 6. The molecule has 0 saturated carbocycles. The molecular formula is C28H29F2N7O2. The predicted octanol–water partition coefficient (Wildman–Crippen LogP) is 5.00. The fourth-order valence-corrected chi connectivity index (χ4v) is 4.67. The number of nitrogens with one attached hydrogen (secondary N) is 1. The summed E-state index contributed by atoms with van der Waals surface area (Å²) in [6, 6.07) is 8.37. The molecule has 5 rings (SSSR count). The molecule has 0 spiro atoms. The van der Waals surface area contributed by atoms with Crippen LogP contribution < -0.4 is 20.7 Å². The monoisotopic (exact) mass is 533 g/mol. The number of amides is 2. The average Bonchev–Trinajstić information content (AvgIpc) is 3.27. The Morgan fingerprint density at radius 3 is 2.64 bits per heavy atom. The lowest BCUT2D eigenvalue weighted by Gasteiger charge is -2.27. The quantitative estimate of drug-likeness (QED) is 0.346. The molecule has 2 amide bonds. The summed E-state index contributed by atoms with van der Waals surface area (Å²) in [6.07, 6.45) is 3.87. The van der Waals surface area contributed by atoms with Crippen LogP contribution in [0.2, 0.25) is 0 Å². The number of carbonyl (C=O) groups excluding carboxylic acids is 1. The largest absolute Gasteiger partial charge is 0.491 e. The number of aromatic nitrogens is 4. The van der Waals surface area contributed by atoms with Gasteiger partial charge in [0.25, 0.3) is 0 Å². The van der Waals surface area contributed by atoms with E-state index in [4.69, 9.17) is 15.6 Å². The van der Waals surface area contributed by atoms with E-state index in [0.29, 0.717) is 49.2 Å². The van der Waals surface area contributed by atoms with Gasteiger partial charge in [0.15, 0.2) is 0 Å². The van der Waals surface area contributed by atoms with Crippen LogP contribution in [-0.4, -0.2) is 38.9 Å². The van der Waals surface area contributed by atoms with Crippen molar-refractivity contribution in [1.82, 2.24) is 19.7 Å². The number of hydrogen-bond donors (Lipinski definition) is 2. The van der Waals surface area contributed by atoms with E-state index >= 15 is 8.78 Å². The van der Waals surface area contributed by atoms with Gasteiger partial charge in [0.1, 0.15) is 23.1 Å². The number of rotatable bonds is 7. The lowest BCUT2D eigenvalue weighted by Crippen LogP contribution is -2.31. The molecule has 0 aliphatic carbocycles. The molecule has 4 aromatic rings. The Labute approximate surface area is 224 Å². The third kappa shape index (κ3) is 5.25. The van der Waals surface area contributed by atoms with E-state index in [0.717, 1.165) is 29.0 Å². The lowest BCUT2D eigenvalue weighted by atomic mass is 9.99. The van der Waals surface area contributed by atoms with E-state index in [1.54, 1.807) is 23.1 Å². The Morgan fingerprint density at radius 2 is 1.92 bits per heavy atom. The van der Waals surface area contributed by atoms with Crippen LogP contribution in [0.4, 0.5) is 25.2 Å². The van der Waals surface area contributed by atoms with Crippen LogP contribution in [0.3, 0.4) is 0 Å². The molecule has 9 nitrogen and oxygen atoms in total. The summed E-state index contributed by atoms with van der Waals surface area (Å²) >= 11 is 0. The van der Waals surface area contributed by atoms with Crippen molar-refractivity contribution in [2.24, 2.45) is 11.7 Å². The number of ether oxygens (including phenoxy) is 1. The molecule has 1 aliphatic rings. The fraction of sp³-hybridized carbons (Fsp3) is 0.286. The molecule has 3 N–H and O–H groups in total. The van der Waals surface area contributed by atoms with Crippen molar-refractivity contribution in [3.63, 3.8) is 0 Å². The number of primary amides is 1. The molecule has 1 aliphatic heterocycles. The van der Waals surface area contributed by atoms with Gasteiger partial charge in [-0.1, -0.05) is 26.0 Å². The fourth-order valence-electron chi connectivity index (χ4n) is 4.67. The Bertz CT molecular complexity index is 1520. The average molecular weight is 534 g/mol. The van der Waals surface area contributed by atoms with Gasteiger partial charge < -0.3 is 20.7 Å². The van der Waals surface area contributed by atoms with E-state index in [-0.39, 0.29) is 17.2 Å². The summed E-state index contributed by atoms with van der Waals surface area (Å²) in [6.45, 7) is 7.44. The maximum atomic E-state index is 15.7. The van der Waals surface area contributed by atoms with Gasteiger partial charge >= 0.3 is 6.03 Å². The SMILES string of the molecule is Cc1cccc(OCC(C)C)c1-n1nc2c(c1-c1cc(F)c(NC(N)=O)cc1F)CN(c1ncccn1)CC2. The van der Waals surface area contributed by atoms with Gasteiger partial charge in [-0.25, -0.2) is 28.2 Å². The minimum absolute atomic E-state index is 0.00911. The summed E-state index contributed by atoms with van der Waals surface area (Å²) in [5.41, 5.74) is 8.14. The number of nitrogens with two attached hydrogens (primary N) is 1. The Kier molecular flexibility index (Phi) is 7.14. The minimum atomic E-state index is -0.992. The zero-order valence-corrected chi connectivity index (χ0v) is 21.9. The zero-order chi connectivity index (χ0) is 27.7. The van der Waals surface area contributed by atoms with Gasteiger partial charge in [-0.15, -0.1) is 0 Å². The topological polar surface area (TPSA) is 111 Å². The first-order chi connectivity index (χ1) is 18.7. The number of para-hydroxylation sites is 1. The van der Waals surface area contributed by atoms with Crippen LogP contribution >= 0.6 is 0 Å². The number of urea groups is 1. The molecule has 3 heterocycles. The lowest BCUT2D eigenvalue weighted by molar-refractivity contribution is 0.259. The van der Waals surface area contributed by atoms with Crippen molar-refractivity contribution in [2.45, 2.75) is 33.7 Å². The minimum Gasteiger partial charge on any atom is -0.491 e. The van der Waals surface area contributed by atoms with Crippen molar-refractivity contribution in [3.8, 4) is 22.7 Å². The third-order valence-corrected chi connectivity index (χ3v) is 6.42. The van der Waals surface area contributed by atoms with Gasteiger partial charge in [0.2, 0.25) is 5.95 Å². The second-order valence-corrected chi connectivity index (χ2v) is 9.83. The number of carbonyl (C=O) groups is 1. The van der Waals surface area contributed by atoms with E-state index in [2.05, 4.69) is 15.3 Å². The summed E-state index contributed by atoms with van der Waals surface area (Å²) in [5.74, 6) is -0.172. The molecule has 2 aromatic carbocycles. The summed E-state index contributed by atoms with van der Waals surface area (Å²) in [5, 5.41) is 7.03. The van der Waals surface area contributed by atoms with Gasteiger partial charge in [-0.05, 0) is 36.6 Å². The number of halogens is 2. The first kappa shape index (κ1) is 26.1. The normalized spacial score (nSPS) is 12.9. The summed E-state index contributed by atoms with van der Waals surface area (Å²) in [7, 11) is 0. The Balaban J connectivity index is 1.72. The van der Waals surface area contributed by atoms with Crippen molar-refractivity contribution >= 4 is 17.7 Å². The van der Waals surface area contributed by atoms with Crippen LogP contribution in [0.1, 0.15) is 30.7 Å². The van der Waals surface area contributed by atoms with Crippen LogP contribution in [0.25, 0.3) is 16.9 Å². The van der Waals surface area contributed by atoms with Crippen LogP contribution in [0, 0.1) is 24.5 Å². The number of fused-ring (bicyclic) bond motifs is 1. The van der Waals surface area contributed by atoms with Gasteiger partial charge in [-0.2, -0.15) is 5.10 Å². The molecule has 0 atom stereocenters. The van der Waals surface area contributed by atoms with Crippen LogP contribution in [0.5, 0.6) is 5.75 Å². The first-order valence-electron chi connectivity index (χ1n) is 12.6. The van der Waals surface area contributed by atoms with Crippen molar-refractivity contribution in [1.29, 1.82) is 0 Å². The number of benzene rings is 2. The number of nitrogens with zero attached hydrogens (tertiary/aromatic N) is 5. The van der Waals surface area contributed by atoms with Gasteiger partial charge in [0.05, 0.1) is 23.7 Å². The van der Waals surface area contributed by atoms with Crippen molar-refractivity contribution in [3.05, 3.63) is 77.2 Å². The van der Waals surface area contributed by atoms with Gasteiger partial charge in [-0.3, -0.25) is 0 Å². The first-order valence-corrected chi connectivity index (χ1v) is 12.6. The number of aryl methyl sites for hydroxylation is 1. The smallest absolute Gasteiger partial charge is 0.316 e. The van der Waals surface area contributed by atoms with Crippen LogP contribution in [-0.2, 0) is 13.0 Å².